The third-order valence-corrected chi connectivity index (χ3v) is 5.77. The molecule has 1 heterocycles. The van der Waals surface area contributed by atoms with Gasteiger partial charge in [0.25, 0.3) is 11.8 Å². The van der Waals surface area contributed by atoms with Gasteiger partial charge in [-0.25, -0.2) is 0 Å². The van der Waals surface area contributed by atoms with Crippen LogP contribution in [0.1, 0.15) is 58.4 Å². The maximum absolute atomic E-state index is 13.0. The van der Waals surface area contributed by atoms with Gasteiger partial charge in [0.05, 0.1) is 7.11 Å². The van der Waals surface area contributed by atoms with Crippen LogP contribution in [0.2, 0.25) is 0 Å². The lowest BCUT2D eigenvalue weighted by Crippen LogP contribution is -2.35. The highest BCUT2D eigenvalue weighted by atomic mass is 16.5. The molecule has 0 saturated heterocycles. The average Bonchev–Trinajstić information content (AvgIpc) is 2.79. The number of ether oxygens (including phenoxy) is 1. The third kappa shape index (κ3) is 5.75. The van der Waals surface area contributed by atoms with E-state index in [4.69, 9.17) is 4.74 Å². The first-order chi connectivity index (χ1) is 14.9. The summed E-state index contributed by atoms with van der Waals surface area (Å²) in [4.78, 5) is 39.8. The van der Waals surface area contributed by atoms with Crippen molar-refractivity contribution in [3.63, 3.8) is 0 Å². The van der Waals surface area contributed by atoms with E-state index in [0.717, 1.165) is 24.2 Å². The predicted molar refractivity (Wildman–Crippen MR) is 119 cm³/mol. The summed E-state index contributed by atoms with van der Waals surface area (Å²) in [6.45, 7) is 0.976. The van der Waals surface area contributed by atoms with Crippen LogP contribution in [0.25, 0.3) is 0 Å². The number of benzene rings is 1. The van der Waals surface area contributed by atoms with Gasteiger partial charge in [-0.3, -0.25) is 14.4 Å². The molecular weight excluding hydrogens is 394 g/mol. The fourth-order valence-electron chi connectivity index (χ4n) is 3.98. The van der Waals surface area contributed by atoms with Gasteiger partial charge in [0.1, 0.15) is 16.9 Å². The van der Waals surface area contributed by atoms with Crippen molar-refractivity contribution in [3.8, 4) is 5.75 Å². The van der Waals surface area contributed by atoms with Gasteiger partial charge in [-0.05, 0) is 36.5 Å². The van der Waals surface area contributed by atoms with Crippen LogP contribution in [-0.4, -0.2) is 42.5 Å². The van der Waals surface area contributed by atoms with Crippen LogP contribution in [0.15, 0.2) is 41.5 Å². The maximum atomic E-state index is 13.0. The van der Waals surface area contributed by atoms with Crippen molar-refractivity contribution in [2.24, 2.45) is 5.92 Å². The Bertz CT molecular complexity index is 973. The van der Waals surface area contributed by atoms with Crippen LogP contribution in [0.4, 0.5) is 0 Å². The minimum absolute atomic E-state index is 0.00276. The molecule has 0 bridgehead atoms. The molecule has 0 spiro atoms. The van der Waals surface area contributed by atoms with E-state index in [1.807, 2.05) is 28.8 Å². The lowest BCUT2D eigenvalue weighted by atomic mass is 9.89. The molecule has 1 fully saturated rings. The van der Waals surface area contributed by atoms with E-state index in [0.29, 0.717) is 12.5 Å². The molecule has 7 nitrogen and oxygen atoms in total. The van der Waals surface area contributed by atoms with Gasteiger partial charge < -0.3 is 19.5 Å². The molecule has 1 aliphatic rings. The Morgan fingerprint density at radius 2 is 1.71 bits per heavy atom. The number of hydrogen-bond donors (Lipinski definition) is 1. The Morgan fingerprint density at radius 1 is 1.06 bits per heavy atom. The van der Waals surface area contributed by atoms with E-state index >= 15 is 0 Å². The molecule has 2 aromatic rings. The number of pyridine rings is 1. The first-order valence-electron chi connectivity index (χ1n) is 10.8. The fourth-order valence-corrected chi connectivity index (χ4v) is 3.98. The van der Waals surface area contributed by atoms with Gasteiger partial charge in [0.15, 0.2) is 0 Å². The second-order valence-electron chi connectivity index (χ2n) is 8.35. The van der Waals surface area contributed by atoms with E-state index in [1.165, 1.54) is 24.2 Å². The zero-order chi connectivity index (χ0) is 22.4. The summed E-state index contributed by atoms with van der Waals surface area (Å²) < 4.78 is 6.99. The zero-order valence-electron chi connectivity index (χ0n) is 18.5. The highest BCUT2D eigenvalue weighted by Crippen LogP contribution is 2.25. The number of carbonyl (C=O) groups is 2. The Morgan fingerprint density at radius 3 is 2.32 bits per heavy atom. The van der Waals surface area contributed by atoms with Crippen LogP contribution in [-0.2, 0) is 13.1 Å². The number of methoxy groups -OCH3 is 1. The molecule has 0 aliphatic heterocycles. The van der Waals surface area contributed by atoms with Crippen molar-refractivity contribution in [2.75, 3.05) is 21.2 Å². The second-order valence-corrected chi connectivity index (χ2v) is 8.35. The maximum Gasteiger partial charge on any atom is 0.258 e. The normalized spacial score (nSPS) is 14.2. The molecule has 7 heteroatoms. The Hall–Kier alpha value is -3.09. The SMILES string of the molecule is COc1ccc(CNC(=O)c2cn(CC3CCCCC3)cc(C(=O)N(C)C)c2=O)cc1. The van der Waals surface area contributed by atoms with Crippen molar-refractivity contribution in [3.05, 3.63) is 63.6 Å². The van der Waals surface area contributed by atoms with Crippen molar-refractivity contribution in [1.82, 2.24) is 14.8 Å². The number of aromatic nitrogens is 1. The highest BCUT2D eigenvalue weighted by Gasteiger charge is 2.22. The molecule has 2 amide bonds. The highest BCUT2D eigenvalue weighted by molar-refractivity contribution is 5.98. The number of nitrogens with zero attached hydrogens (tertiary/aromatic N) is 2. The summed E-state index contributed by atoms with van der Waals surface area (Å²) in [5, 5.41) is 2.80. The van der Waals surface area contributed by atoms with Crippen LogP contribution in [0, 0.1) is 5.92 Å². The summed E-state index contributed by atoms with van der Waals surface area (Å²) in [6, 6.07) is 7.34. The number of amides is 2. The quantitative estimate of drug-likeness (QED) is 0.739. The number of hydrogen-bond acceptors (Lipinski definition) is 4. The Kier molecular flexibility index (Phi) is 7.50. The summed E-state index contributed by atoms with van der Waals surface area (Å²) in [6.07, 6.45) is 9.09. The standard InChI is InChI=1S/C24H31N3O4/c1-26(2)24(30)21-16-27(14-18-7-5-4-6-8-18)15-20(22(21)28)23(29)25-13-17-9-11-19(31-3)12-10-17/h9-12,15-16,18H,4-8,13-14H2,1-3H3,(H,25,29). The van der Waals surface area contributed by atoms with Crippen molar-refractivity contribution >= 4 is 11.8 Å². The number of carbonyl (C=O) groups excluding carboxylic acids is 2. The topological polar surface area (TPSA) is 80.6 Å². The molecule has 166 valence electrons. The molecule has 1 aliphatic carbocycles. The Labute approximate surface area is 183 Å². The van der Waals surface area contributed by atoms with Crippen LogP contribution in [0.5, 0.6) is 5.75 Å². The number of nitrogens with one attached hydrogen (secondary N) is 1. The molecule has 1 N–H and O–H groups in total. The smallest absolute Gasteiger partial charge is 0.258 e. The van der Waals surface area contributed by atoms with Gasteiger partial charge >= 0.3 is 0 Å². The van der Waals surface area contributed by atoms with Crippen LogP contribution >= 0.6 is 0 Å². The average molecular weight is 426 g/mol. The van der Waals surface area contributed by atoms with Gasteiger partial charge in [0, 0.05) is 39.6 Å². The molecule has 1 aromatic carbocycles. The molecule has 3 rings (SSSR count). The predicted octanol–water partition coefficient (Wildman–Crippen LogP) is 3.07. The number of rotatable bonds is 7. The molecule has 0 radical (unpaired) electrons. The van der Waals surface area contributed by atoms with Gasteiger partial charge in [-0.2, -0.15) is 0 Å². The summed E-state index contributed by atoms with van der Waals surface area (Å²) in [5.74, 6) is 0.350. The minimum Gasteiger partial charge on any atom is -0.497 e. The molecule has 1 saturated carbocycles. The molecule has 0 unspecified atom stereocenters. The first-order valence-corrected chi connectivity index (χ1v) is 10.8. The van der Waals surface area contributed by atoms with Crippen molar-refractivity contribution in [1.29, 1.82) is 0 Å². The van der Waals surface area contributed by atoms with E-state index in [2.05, 4.69) is 5.32 Å². The van der Waals surface area contributed by atoms with Crippen molar-refractivity contribution in [2.45, 2.75) is 45.2 Å². The summed E-state index contributed by atoms with van der Waals surface area (Å²) in [5.41, 5.74) is 0.373. The fraction of sp³-hybridized carbons (Fsp3) is 0.458. The molecular formula is C24H31N3O4. The van der Waals surface area contributed by atoms with Gasteiger partial charge in [-0.15, -0.1) is 0 Å². The largest absolute Gasteiger partial charge is 0.497 e. The summed E-state index contributed by atoms with van der Waals surface area (Å²) in [7, 11) is 4.80. The van der Waals surface area contributed by atoms with Crippen LogP contribution < -0.4 is 15.5 Å². The van der Waals surface area contributed by atoms with Crippen molar-refractivity contribution < 1.29 is 14.3 Å². The molecule has 0 atom stereocenters. The van der Waals surface area contributed by atoms with E-state index in [-0.39, 0.29) is 17.7 Å². The third-order valence-electron chi connectivity index (χ3n) is 5.77. The van der Waals surface area contributed by atoms with E-state index in [1.54, 1.807) is 33.6 Å². The minimum atomic E-state index is -0.536. The van der Waals surface area contributed by atoms with Gasteiger partial charge in [-0.1, -0.05) is 31.4 Å². The first kappa shape index (κ1) is 22.6. The zero-order valence-corrected chi connectivity index (χ0v) is 18.5. The Balaban J connectivity index is 1.84. The summed E-state index contributed by atoms with van der Waals surface area (Å²) >= 11 is 0. The van der Waals surface area contributed by atoms with Crippen LogP contribution in [0.3, 0.4) is 0 Å². The second kappa shape index (κ2) is 10.3. The molecule has 31 heavy (non-hydrogen) atoms. The lowest BCUT2D eigenvalue weighted by Gasteiger charge is -2.23. The van der Waals surface area contributed by atoms with E-state index < -0.39 is 17.2 Å². The monoisotopic (exact) mass is 425 g/mol. The van der Waals surface area contributed by atoms with E-state index in [9.17, 15) is 14.4 Å². The van der Waals surface area contributed by atoms with Gasteiger partial charge in [0.2, 0.25) is 5.43 Å². The molecule has 1 aromatic heterocycles. The lowest BCUT2D eigenvalue weighted by molar-refractivity contribution is 0.0825.